The second-order valence-electron chi connectivity index (χ2n) is 8.84. The van der Waals surface area contributed by atoms with Gasteiger partial charge in [0, 0.05) is 68.0 Å². The summed E-state index contributed by atoms with van der Waals surface area (Å²) in [7, 11) is 0. The molecular weight excluding hydrogens is 380 g/mol. The summed E-state index contributed by atoms with van der Waals surface area (Å²) >= 11 is 0. The largest absolute Gasteiger partial charge is 0.381 e. The van der Waals surface area contributed by atoms with Crippen LogP contribution in [0.15, 0.2) is 18.5 Å². The number of nitrogens with zero attached hydrogens (tertiary/aromatic N) is 4. The Labute approximate surface area is 175 Å². The summed E-state index contributed by atoms with van der Waals surface area (Å²) in [6.45, 7) is 2.96. The van der Waals surface area contributed by atoms with Crippen molar-refractivity contribution in [1.82, 2.24) is 19.7 Å². The Kier molecular flexibility index (Phi) is 5.37. The summed E-state index contributed by atoms with van der Waals surface area (Å²) in [5, 5.41) is 9.12. The minimum absolute atomic E-state index is 0.0663. The van der Waals surface area contributed by atoms with E-state index in [9.17, 15) is 9.59 Å². The smallest absolute Gasteiger partial charge is 0.222 e. The van der Waals surface area contributed by atoms with Crippen LogP contribution >= 0.6 is 0 Å². The molecule has 0 bridgehead atoms. The Morgan fingerprint density at radius 1 is 1.10 bits per heavy atom. The van der Waals surface area contributed by atoms with Crippen LogP contribution in [0.2, 0.25) is 0 Å². The molecule has 2 fully saturated rings. The van der Waals surface area contributed by atoms with Crippen molar-refractivity contribution in [2.24, 2.45) is 17.8 Å². The van der Waals surface area contributed by atoms with Gasteiger partial charge in [-0.05, 0) is 31.6 Å². The molecule has 2 saturated heterocycles. The lowest BCUT2D eigenvalue weighted by Gasteiger charge is -2.33. The first-order chi connectivity index (χ1) is 14.7. The summed E-state index contributed by atoms with van der Waals surface area (Å²) < 4.78 is 7.16. The number of hydrogen-bond acceptors (Lipinski definition) is 5. The molecule has 7 heteroatoms. The molecule has 2 aromatic heterocycles. The van der Waals surface area contributed by atoms with Crippen molar-refractivity contribution in [1.29, 1.82) is 0 Å². The van der Waals surface area contributed by atoms with Crippen LogP contribution in [0.4, 0.5) is 0 Å². The van der Waals surface area contributed by atoms with Crippen LogP contribution in [0.1, 0.15) is 44.1 Å². The SMILES string of the molecule is O=C(CC1C=Cc2cn3nncc3c2=C1)C1CCN(C(=O)CC2CCOCC2)CC1. The van der Waals surface area contributed by atoms with E-state index in [0.717, 1.165) is 55.2 Å². The Morgan fingerprint density at radius 2 is 1.90 bits per heavy atom. The molecule has 4 heterocycles. The third kappa shape index (κ3) is 3.90. The van der Waals surface area contributed by atoms with Gasteiger partial charge in [0.15, 0.2) is 0 Å². The lowest BCUT2D eigenvalue weighted by molar-refractivity contribution is -0.136. The van der Waals surface area contributed by atoms with Crippen molar-refractivity contribution in [2.75, 3.05) is 26.3 Å². The first-order valence-corrected chi connectivity index (χ1v) is 11.1. The normalized spacial score (nSPS) is 22.8. The zero-order valence-corrected chi connectivity index (χ0v) is 17.2. The van der Waals surface area contributed by atoms with Gasteiger partial charge in [0.2, 0.25) is 5.91 Å². The standard InChI is InChI=1S/C23H28N4O3/c28-22(12-17-1-2-19-15-27-21(14-24-25-27)20(19)11-17)18-3-7-26(8-4-18)23(29)13-16-5-9-30-10-6-16/h1-2,11,14-18H,3-10,12-13H2. The highest BCUT2D eigenvalue weighted by molar-refractivity contribution is 5.84. The number of ether oxygens (including phenoxy) is 1. The van der Waals surface area contributed by atoms with Gasteiger partial charge in [-0.25, -0.2) is 4.52 Å². The van der Waals surface area contributed by atoms with Gasteiger partial charge in [-0.3, -0.25) is 9.59 Å². The van der Waals surface area contributed by atoms with Gasteiger partial charge < -0.3 is 9.64 Å². The van der Waals surface area contributed by atoms with Crippen molar-refractivity contribution in [3.8, 4) is 0 Å². The van der Waals surface area contributed by atoms with E-state index in [0.29, 0.717) is 37.6 Å². The topological polar surface area (TPSA) is 76.8 Å². The third-order valence-electron chi connectivity index (χ3n) is 6.87. The van der Waals surface area contributed by atoms with Crippen molar-refractivity contribution in [3.05, 3.63) is 29.3 Å². The molecule has 2 aromatic rings. The van der Waals surface area contributed by atoms with Gasteiger partial charge in [-0.1, -0.05) is 23.4 Å². The number of Topliss-reactive ketones (excluding diaryl/α,β-unsaturated/α-hetero) is 1. The Bertz CT molecular complexity index is 1010. The number of hydrogen-bond donors (Lipinski definition) is 0. The molecule has 30 heavy (non-hydrogen) atoms. The first-order valence-electron chi connectivity index (χ1n) is 11.1. The lowest BCUT2D eigenvalue weighted by Crippen LogP contribution is -2.41. The number of ketones is 1. The number of allylic oxidation sites excluding steroid dienone is 1. The Morgan fingerprint density at radius 3 is 2.70 bits per heavy atom. The minimum atomic E-state index is 0.0663. The molecule has 0 saturated carbocycles. The summed E-state index contributed by atoms with van der Waals surface area (Å²) in [5.74, 6) is 1.20. The van der Waals surface area contributed by atoms with E-state index >= 15 is 0 Å². The zero-order valence-electron chi connectivity index (χ0n) is 17.2. The second kappa shape index (κ2) is 8.30. The fourth-order valence-corrected chi connectivity index (χ4v) is 5.00. The second-order valence-corrected chi connectivity index (χ2v) is 8.84. The first kappa shape index (κ1) is 19.4. The van der Waals surface area contributed by atoms with E-state index in [4.69, 9.17) is 4.74 Å². The maximum atomic E-state index is 12.9. The maximum Gasteiger partial charge on any atom is 0.222 e. The summed E-state index contributed by atoms with van der Waals surface area (Å²) in [6.07, 6.45) is 14.8. The monoisotopic (exact) mass is 408 g/mol. The molecule has 1 amide bonds. The molecule has 2 aliphatic heterocycles. The molecule has 3 aliphatic rings. The van der Waals surface area contributed by atoms with Gasteiger partial charge in [0.25, 0.3) is 0 Å². The number of carbonyl (C=O) groups is 2. The fraction of sp³-hybridized carbons (Fsp3) is 0.565. The number of carbonyl (C=O) groups excluding carboxylic acids is 2. The number of likely N-dealkylation sites (tertiary alicyclic amines) is 1. The molecule has 0 radical (unpaired) electrons. The quantitative estimate of drug-likeness (QED) is 0.755. The number of fused-ring (bicyclic) bond motifs is 3. The number of rotatable bonds is 5. The van der Waals surface area contributed by atoms with E-state index in [1.165, 1.54) is 0 Å². The Balaban J connectivity index is 1.14. The van der Waals surface area contributed by atoms with E-state index in [-0.39, 0.29) is 17.7 Å². The molecule has 1 aliphatic carbocycles. The lowest BCUT2D eigenvalue weighted by atomic mass is 9.85. The van der Waals surface area contributed by atoms with Gasteiger partial charge >= 0.3 is 0 Å². The van der Waals surface area contributed by atoms with Crippen LogP contribution < -0.4 is 5.22 Å². The Hall–Kier alpha value is -2.54. The summed E-state index contributed by atoms with van der Waals surface area (Å²) in [4.78, 5) is 27.5. The predicted octanol–water partition coefficient (Wildman–Crippen LogP) is 1.89. The summed E-state index contributed by atoms with van der Waals surface area (Å²) in [6, 6.07) is 0. The molecule has 0 N–H and O–H groups in total. The van der Waals surface area contributed by atoms with Gasteiger partial charge in [0.05, 0.1) is 11.7 Å². The van der Waals surface area contributed by atoms with Gasteiger partial charge in [-0.15, -0.1) is 5.10 Å². The molecular formula is C23H28N4O3. The van der Waals surface area contributed by atoms with Crippen LogP contribution in [-0.2, 0) is 14.3 Å². The van der Waals surface area contributed by atoms with E-state index in [1.54, 1.807) is 10.7 Å². The number of amides is 1. The minimum Gasteiger partial charge on any atom is -0.381 e. The number of aromatic nitrogens is 3. The maximum absolute atomic E-state index is 12.9. The van der Waals surface area contributed by atoms with Crippen molar-refractivity contribution >= 4 is 29.4 Å². The molecule has 5 rings (SSSR count). The average molecular weight is 409 g/mol. The van der Waals surface area contributed by atoms with Crippen LogP contribution in [-0.4, -0.2) is 57.7 Å². The molecule has 1 atom stereocenters. The van der Waals surface area contributed by atoms with Crippen molar-refractivity contribution in [3.63, 3.8) is 0 Å². The van der Waals surface area contributed by atoms with E-state index in [1.807, 2.05) is 11.1 Å². The van der Waals surface area contributed by atoms with Gasteiger partial charge in [-0.2, -0.15) is 0 Å². The van der Waals surface area contributed by atoms with Crippen LogP contribution in [0.5, 0.6) is 0 Å². The number of piperidine rings is 1. The predicted molar refractivity (Wildman–Crippen MR) is 112 cm³/mol. The molecule has 0 spiro atoms. The van der Waals surface area contributed by atoms with E-state index in [2.05, 4.69) is 28.5 Å². The molecule has 158 valence electrons. The van der Waals surface area contributed by atoms with Crippen molar-refractivity contribution in [2.45, 2.75) is 38.5 Å². The van der Waals surface area contributed by atoms with Crippen molar-refractivity contribution < 1.29 is 14.3 Å². The van der Waals surface area contributed by atoms with E-state index < -0.39 is 0 Å². The highest BCUT2D eigenvalue weighted by Gasteiger charge is 2.29. The van der Waals surface area contributed by atoms with Gasteiger partial charge in [0.1, 0.15) is 5.78 Å². The molecule has 7 nitrogen and oxygen atoms in total. The third-order valence-corrected chi connectivity index (χ3v) is 6.87. The highest BCUT2D eigenvalue weighted by Crippen LogP contribution is 2.26. The average Bonchev–Trinajstić information content (AvgIpc) is 3.36. The van der Waals surface area contributed by atoms with Crippen LogP contribution in [0, 0.1) is 17.8 Å². The molecule has 1 unspecified atom stereocenters. The zero-order chi connectivity index (χ0) is 20.5. The summed E-state index contributed by atoms with van der Waals surface area (Å²) in [5.41, 5.74) is 2.11. The van der Waals surface area contributed by atoms with Crippen LogP contribution in [0.3, 0.4) is 0 Å². The fourth-order valence-electron chi connectivity index (χ4n) is 5.00. The molecule has 0 aromatic carbocycles. The van der Waals surface area contributed by atoms with Crippen LogP contribution in [0.25, 0.3) is 17.7 Å². The highest BCUT2D eigenvalue weighted by atomic mass is 16.5.